The zero-order valence-corrected chi connectivity index (χ0v) is 12.4. The van der Waals surface area contributed by atoms with E-state index in [2.05, 4.69) is 10.3 Å². The van der Waals surface area contributed by atoms with Crippen LogP contribution in [0, 0.1) is 0 Å². The van der Waals surface area contributed by atoms with E-state index in [4.69, 9.17) is 4.74 Å². The Morgan fingerprint density at radius 1 is 1.48 bits per heavy atom. The third kappa shape index (κ3) is 3.46. The average Bonchev–Trinajstić information content (AvgIpc) is 2.94. The zero-order valence-electron chi connectivity index (χ0n) is 12.4. The van der Waals surface area contributed by atoms with Crippen molar-refractivity contribution in [3.05, 3.63) is 41.2 Å². The molecule has 0 saturated heterocycles. The topological polar surface area (TPSA) is 77.2 Å². The first-order valence-corrected chi connectivity index (χ1v) is 6.81. The second kappa shape index (κ2) is 6.49. The molecular weight excluding hydrogens is 270 g/mol. The van der Waals surface area contributed by atoms with E-state index in [1.165, 1.54) is 6.92 Å². The highest BCUT2D eigenvalue weighted by molar-refractivity contribution is 5.94. The summed E-state index contributed by atoms with van der Waals surface area (Å²) in [6.45, 7) is 3.83. The Morgan fingerprint density at radius 2 is 2.24 bits per heavy atom. The lowest BCUT2D eigenvalue weighted by Crippen LogP contribution is -2.04. The lowest BCUT2D eigenvalue weighted by atomic mass is 10.1. The van der Waals surface area contributed by atoms with Crippen molar-refractivity contribution in [1.82, 2.24) is 15.0 Å². The molecule has 1 unspecified atom stereocenters. The lowest BCUT2D eigenvalue weighted by molar-refractivity contribution is 0.101. The molecule has 2 aromatic rings. The number of rotatable bonds is 6. The number of ether oxygens (including phenoxy) is 1. The third-order valence-corrected chi connectivity index (χ3v) is 3.30. The lowest BCUT2D eigenvalue weighted by Gasteiger charge is -2.09. The summed E-state index contributed by atoms with van der Waals surface area (Å²) in [5.74, 6) is 0.688. The van der Waals surface area contributed by atoms with Crippen LogP contribution in [0.3, 0.4) is 0 Å². The van der Waals surface area contributed by atoms with Crippen molar-refractivity contribution >= 4 is 5.78 Å². The van der Waals surface area contributed by atoms with Gasteiger partial charge >= 0.3 is 0 Å². The second-order valence-corrected chi connectivity index (χ2v) is 4.85. The maximum Gasteiger partial charge on any atom is 0.159 e. The molecule has 0 aliphatic carbocycles. The first-order chi connectivity index (χ1) is 10.0. The van der Waals surface area contributed by atoms with Crippen molar-refractivity contribution in [2.75, 3.05) is 7.11 Å². The summed E-state index contributed by atoms with van der Waals surface area (Å²) in [6.07, 6.45) is 1.68. The molecule has 6 nitrogen and oxygen atoms in total. The van der Waals surface area contributed by atoms with Gasteiger partial charge in [0.1, 0.15) is 11.4 Å². The largest absolute Gasteiger partial charge is 0.496 e. The third-order valence-electron chi connectivity index (χ3n) is 3.30. The summed E-state index contributed by atoms with van der Waals surface area (Å²) in [6, 6.07) is 5.29. The molecule has 2 rings (SSSR count). The monoisotopic (exact) mass is 289 g/mol. The Balaban J connectivity index is 2.27. The SMILES string of the molecule is CCC(O)c1cn(Cc2cc(C(C)=O)ccc2OC)nn1. The minimum absolute atomic E-state index is 0.000382. The number of aliphatic hydroxyl groups excluding tert-OH is 1. The van der Waals surface area contributed by atoms with Gasteiger partial charge in [-0.05, 0) is 31.5 Å². The molecule has 6 heteroatoms. The van der Waals surface area contributed by atoms with Crippen LogP contribution < -0.4 is 4.74 Å². The number of methoxy groups -OCH3 is 1. The maximum atomic E-state index is 11.5. The van der Waals surface area contributed by atoms with Crippen molar-refractivity contribution in [3.63, 3.8) is 0 Å². The molecular formula is C15H19N3O3. The van der Waals surface area contributed by atoms with E-state index in [9.17, 15) is 9.90 Å². The number of carbonyl (C=O) groups is 1. The molecule has 0 amide bonds. The fraction of sp³-hybridized carbons (Fsp3) is 0.400. The predicted octanol–water partition coefficient (Wildman–Crippen LogP) is 1.98. The molecule has 1 heterocycles. The summed E-state index contributed by atoms with van der Waals surface area (Å²) >= 11 is 0. The number of hydrogen-bond acceptors (Lipinski definition) is 5. The first kappa shape index (κ1) is 15.2. The first-order valence-electron chi connectivity index (χ1n) is 6.81. The molecule has 1 atom stereocenters. The van der Waals surface area contributed by atoms with Gasteiger partial charge in [0.05, 0.1) is 26.0 Å². The summed E-state index contributed by atoms with van der Waals surface area (Å²) < 4.78 is 6.93. The van der Waals surface area contributed by atoms with Crippen molar-refractivity contribution < 1.29 is 14.6 Å². The standard InChI is InChI=1S/C15H19N3O3/c1-4-14(20)13-9-18(17-16-13)8-12-7-11(10(2)19)5-6-15(12)21-3/h5-7,9,14,20H,4,8H2,1-3H3. The molecule has 0 aliphatic rings. The number of carbonyl (C=O) groups excluding carboxylic acids is 1. The number of aliphatic hydroxyl groups is 1. The molecule has 0 radical (unpaired) electrons. The van der Waals surface area contributed by atoms with Crippen LogP contribution in [-0.4, -0.2) is 33.0 Å². The van der Waals surface area contributed by atoms with Gasteiger partial charge in [-0.2, -0.15) is 0 Å². The average molecular weight is 289 g/mol. The summed E-state index contributed by atoms with van der Waals surface area (Å²) in [4.78, 5) is 11.5. The van der Waals surface area contributed by atoms with Gasteiger partial charge in [0, 0.05) is 11.1 Å². The Kier molecular flexibility index (Phi) is 4.70. The molecule has 21 heavy (non-hydrogen) atoms. The highest BCUT2D eigenvalue weighted by Gasteiger charge is 2.12. The van der Waals surface area contributed by atoms with Crippen molar-refractivity contribution in [2.45, 2.75) is 32.9 Å². The van der Waals surface area contributed by atoms with Crippen molar-refractivity contribution in [1.29, 1.82) is 0 Å². The van der Waals surface area contributed by atoms with Gasteiger partial charge in [0.2, 0.25) is 0 Å². The van der Waals surface area contributed by atoms with Crippen molar-refractivity contribution in [3.8, 4) is 5.75 Å². The molecule has 0 fully saturated rings. The Labute approximate surface area is 123 Å². The number of aromatic nitrogens is 3. The van der Waals surface area contributed by atoms with E-state index < -0.39 is 6.10 Å². The molecule has 0 saturated carbocycles. The Morgan fingerprint density at radius 3 is 2.86 bits per heavy atom. The summed E-state index contributed by atoms with van der Waals surface area (Å²) in [5.41, 5.74) is 2.01. The minimum atomic E-state index is -0.607. The van der Waals surface area contributed by atoms with Gasteiger partial charge in [0.15, 0.2) is 5.78 Å². The maximum absolute atomic E-state index is 11.5. The van der Waals surface area contributed by atoms with E-state index in [-0.39, 0.29) is 5.78 Å². The quantitative estimate of drug-likeness (QED) is 0.823. The van der Waals surface area contributed by atoms with Crippen LogP contribution in [0.4, 0.5) is 0 Å². The van der Waals surface area contributed by atoms with Gasteiger partial charge in [0.25, 0.3) is 0 Å². The normalized spacial score (nSPS) is 12.2. The number of Topliss-reactive ketones (excluding diaryl/α,β-unsaturated/α-hetero) is 1. The minimum Gasteiger partial charge on any atom is -0.496 e. The fourth-order valence-electron chi connectivity index (χ4n) is 2.05. The van der Waals surface area contributed by atoms with E-state index in [1.807, 2.05) is 6.92 Å². The van der Waals surface area contributed by atoms with Crippen LogP contribution in [0.15, 0.2) is 24.4 Å². The van der Waals surface area contributed by atoms with E-state index in [0.717, 1.165) is 5.56 Å². The van der Waals surface area contributed by atoms with E-state index >= 15 is 0 Å². The zero-order chi connectivity index (χ0) is 15.4. The highest BCUT2D eigenvalue weighted by atomic mass is 16.5. The number of ketones is 1. The van der Waals surface area contributed by atoms with Gasteiger partial charge in [-0.3, -0.25) is 4.79 Å². The second-order valence-electron chi connectivity index (χ2n) is 4.85. The predicted molar refractivity (Wildman–Crippen MR) is 77.4 cm³/mol. The fourth-order valence-corrected chi connectivity index (χ4v) is 2.05. The van der Waals surface area contributed by atoms with Crippen LogP contribution >= 0.6 is 0 Å². The number of nitrogens with zero attached hydrogens (tertiary/aromatic N) is 3. The molecule has 1 aromatic carbocycles. The summed E-state index contributed by atoms with van der Waals surface area (Å²) in [7, 11) is 1.58. The van der Waals surface area contributed by atoms with Crippen LogP contribution in [0.25, 0.3) is 0 Å². The van der Waals surface area contributed by atoms with Gasteiger partial charge in [-0.25, -0.2) is 4.68 Å². The molecule has 1 aromatic heterocycles. The molecule has 0 aliphatic heterocycles. The Hall–Kier alpha value is -2.21. The van der Waals surface area contributed by atoms with Crippen LogP contribution in [0.2, 0.25) is 0 Å². The molecule has 0 bridgehead atoms. The van der Waals surface area contributed by atoms with Gasteiger partial charge in [-0.15, -0.1) is 5.10 Å². The number of benzene rings is 1. The van der Waals surface area contributed by atoms with Crippen LogP contribution in [-0.2, 0) is 6.54 Å². The van der Waals surface area contributed by atoms with Crippen molar-refractivity contribution in [2.24, 2.45) is 0 Å². The van der Waals surface area contributed by atoms with Crippen LogP contribution in [0.5, 0.6) is 5.75 Å². The Bertz CT molecular complexity index is 637. The van der Waals surface area contributed by atoms with E-state index in [1.54, 1.807) is 36.2 Å². The molecule has 1 N–H and O–H groups in total. The number of hydrogen-bond donors (Lipinski definition) is 1. The van der Waals surface area contributed by atoms with Gasteiger partial charge in [-0.1, -0.05) is 12.1 Å². The summed E-state index contributed by atoms with van der Waals surface area (Å²) in [5, 5.41) is 17.7. The van der Waals surface area contributed by atoms with E-state index in [0.29, 0.717) is 30.0 Å². The molecule has 0 spiro atoms. The smallest absolute Gasteiger partial charge is 0.159 e. The van der Waals surface area contributed by atoms with Crippen LogP contribution in [0.1, 0.15) is 48.0 Å². The molecule has 112 valence electrons. The highest BCUT2D eigenvalue weighted by Crippen LogP contribution is 2.21. The van der Waals surface area contributed by atoms with Gasteiger partial charge < -0.3 is 9.84 Å².